The highest BCUT2D eigenvalue weighted by molar-refractivity contribution is 5.83. The van der Waals surface area contributed by atoms with Gasteiger partial charge in [-0.3, -0.25) is 9.78 Å². The lowest BCUT2D eigenvalue weighted by Crippen LogP contribution is -1.99. The van der Waals surface area contributed by atoms with Crippen LogP contribution in [0, 0.1) is 0 Å². The van der Waals surface area contributed by atoms with Gasteiger partial charge in [0, 0.05) is 5.39 Å². The Kier molecular flexibility index (Phi) is 2.25. The molecule has 0 amide bonds. The molecule has 4 nitrogen and oxygen atoms in total. The van der Waals surface area contributed by atoms with Crippen LogP contribution in [0.5, 0.6) is 0 Å². The normalized spacial score (nSPS) is 10.4. The first-order chi connectivity index (χ1) is 7.15. The Bertz CT molecular complexity index is 523. The Labute approximate surface area is 86.4 Å². The summed E-state index contributed by atoms with van der Waals surface area (Å²) in [5, 5.41) is 9.52. The molecule has 0 saturated carbocycles. The minimum Gasteiger partial charge on any atom is -0.481 e. The predicted molar refractivity (Wildman–Crippen MR) is 57.5 cm³/mol. The number of aliphatic carboxylic acids is 1. The van der Waals surface area contributed by atoms with Crippen molar-refractivity contribution < 1.29 is 9.90 Å². The van der Waals surface area contributed by atoms with E-state index in [1.807, 2.05) is 0 Å². The molecule has 0 fully saturated rings. The number of carboxylic acid groups (broad SMARTS) is 1. The number of benzene rings is 1. The molecule has 1 aromatic carbocycles. The van der Waals surface area contributed by atoms with Crippen molar-refractivity contribution in [3.05, 3.63) is 36.0 Å². The van der Waals surface area contributed by atoms with Crippen LogP contribution in [0.2, 0.25) is 0 Å². The summed E-state index contributed by atoms with van der Waals surface area (Å²) < 4.78 is 0. The van der Waals surface area contributed by atoms with E-state index in [9.17, 15) is 4.79 Å². The smallest absolute Gasteiger partial charge is 0.307 e. The van der Waals surface area contributed by atoms with E-state index in [4.69, 9.17) is 10.8 Å². The first-order valence-corrected chi connectivity index (χ1v) is 4.51. The van der Waals surface area contributed by atoms with Crippen molar-refractivity contribution in [3.8, 4) is 0 Å². The van der Waals surface area contributed by atoms with E-state index in [2.05, 4.69) is 4.98 Å². The van der Waals surface area contributed by atoms with Crippen LogP contribution in [0.15, 0.2) is 30.5 Å². The number of anilines is 1. The molecule has 1 heterocycles. The third-order valence-corrected chi connectivity index (χ3v) is 2.12. The number of fused-ring (bicyclic) bond motifs is 1. The second kappa shape index (κ2) is 3.57. The highest BCUT2D eigenvalue weighted by Crippen LogP contribution is 2.16. The maximum Gasteiger partial charge on any atom is 0.307 e. The van der Waals surface area contributed by atoms with Crippen molar-refractivity contribution in [2.24, 2.45) is 0 Å². The molecule has 0 radical (unpaired) electrons. The fourth-order valence-electron chi connectivity index (χ4n) is 1.48. The van der Waals surface area contributed by atoms with Gasteiger partial charge in [-0.15, -0.1) is 0 Å². The summed E-state index contributed by atoms with van der Waals surface area (Å²) in [6.45, 7) is 0. The number of rotatable bonds is 2. The highest BCUT2D eigenvalue weighted by atomic mass is 16.4. The monoisotopic (exact) mass is 202 g/mol. The van der Waals surface area contributed by atoms with Crippen molar-refractivity contribution in [1.29, 1.82) is 0 Å². The number of aromatic nitrogens is 1. The molecule has 2 rings (SSSR count). The lowest BCUT2D eigenvalue weighted by molar-refractivity contribution is -0.136. The number of hydrogen-bond acceptors (Lipinski definition) is 3. The van der Waals surface area contributed by atoms with Crippen LogP contribution in [0.25, 0.3) is 10.9 Å². The van der Waals surface area contributed by atoms with Gasteiger partial charge in [-0.2, -0.15) is 0 Å². The minimum absolute atomic E-state index is 0.0186. The number of nitrogens with zero attached hydrogens (tertiary/aromatic N) is 1. The first kappa shape index (κ1) is 9.45. The number of carbonyl (C=O) groups is 1. The zero-order valence-corrected chi connectivity index (χ0v) is 7.97. The number of hydrogen-bond donors (Lipinski definition) is 2. The van der Waals surface area contributed by atoms with Crippen LogP contribution in [-0.2, 0) is 11.2 Å². The van der Waals surface area contributed by atoms with Gasteiger partial charge in [-0.25, -0.2) is 0 Å². The van der Waals surface area contributed by atoms with Crippen LogP contribution < -0.4 is 5.73 Å². The number of carboxylic acids is 1. The third-order valence-electron chi connectivity index (χ3n) is 2.12. The summed E-state index contributed by atoms with van der Waals surface area (Å²) in [5.41, 5.74) is 7.75. The quantitative estimate of drug-likeness (QED) is 0.772. The Morgan fingerprint density at radius 1 is 1.40 bits per heavy atom. The number of nitrogen functional groups attached to an aromatic ring is 1. The van der Waals surface area contributed by atoms with E-state index < -0.39 is 5.97 Å². The molecular formula is C11H10N2O2. The molecule has 0 bridgehead atoms. The second-order valence-corrected chi connectivity index (χ2v) is 3.37. The van der Waals surface area contributed by atoms with Gasteiger partial charge in [-0.05, 0) is 23.8 Å². The molecule has 0 unspecified atom stereocenters. The Morgan fingerprint density at radius 2 is 2.20 bits per heavy atom. The second-order valence-electron chi connectivity index (χ2n) is 3.37. The van der Waals surface area contributed by atoms with Crippen LogP contribution >= 0.6 is 0 Å². The zero-order valence-electron chi connectivity index (χ0n) is 7.97. The standard InChI is InChI=1S/C11H10N2O2/c12-9-5-8-3-7(4-11(14)15)1-2-10(8)13-6-9/h1-3,5-6H,4,12H2,(H,14,15). The average Bonchev–Trinajstić information content (AvgIpc) is 2.16. The van der Waals surface area contributed by atoms with Gasteiger partial charge < -0.3 is 10.8 Å². The maximum absolute atomic E-state index is 10.5. The summed E-state index contributed by atoms with van der Waals surface area (Å²) in [7, 11) is 0. The van der Waals surface area contributed by atoms with Crippen LogP contribution in [-0.4, -0.2) is 16.1 Å². The van der Waals surface area contributed by atoms with Crippen LogP contribution in [0.1, 0.15) is 5.56 Å². The average molecular weight is 202 g/mol. The summed E-state index contributed by atoms with van der Waals surface area (Å²) in [4.78, 5) is 14.7. The van der Waals surface area contributed by atoms with E-state index >= 15 is 0 Å². The molecule has 0 spiro atoms. The van der Waals surface area contributed by atoms with Gasteiger partial charge >= 0.3 is 5.97 Å². The van der Waals surface area contributed by atoms with Crippen molar-refractivity contribution >= 4 is 22.6 Å². The molecule has 76 valence electrons. The van der Waals surface area contributed by atoms with Gasteiger partial charge in [0.1, 0.15) is 0 Å². The fraction of sp³-hybridized carbons (Fsp3) is 0.0909. The van der Waals surface area contributed by atoms with Gasteiger partial charge in [0.05, 0.1) is 23.8 Å². The SMILES string of the molecule is Nc1cnc2ccc(CC(=O)O)cc2c1. The molecule has 15 heavy (non-hydrogen) atoms. The van der Waals surface area contributed by atoms with E-state index in [-0.39, 0.29) is 6.42 Å². The van der Waals surface area contributed by atoms with Gasteiger partial charge in [0.25, 0.3) is 0 Å². The fourth-order valence-corrected chi connectivity index (χ4v) is 1.48. The van der Waals surface area contributed by atoms with E-state index in [1.54, 1.807) is 30.5 Å². The van der Waals surface area contributed by atoms with Crippen molar-refractivity contribution in [2.45, 2.75) is 6.42 Å². The molecule has 0 aliphatic rings. The van der Waals surface area contributed by atoms with E-state index in [1.165, 1.54) is 0 Å². The highest BCUT2D eigenvalue weighted by Gasteiger charge is 2.02. The van der Waals surface area contributed by atoms with Gasteiger partial charge in [0.15, 0.2) is 0 Å². The largest absolute Gasteiger partial charge is 0.481 e. The third kappa shape index (κ3) is 2.04. The molecule has 0 aliphatic heterocycles. The summed E-state index contributed by atoms with van der Waals surface area (Å²) >= 11 is 0. The van der Waals surface area contributed by atoms with Gasteiger partial charge in [-0.1, -0.05) is 6.07 Å². The molecular weight excluding hydrogens is 192 g/mol. The number of pyridine rings is 1. The molecule has 1 aromatic heterocycles. The molecule has 0 saturated heterocycles. The summed E-state index contributed by atoms with van der Waals surface area (Å²) in [6, 6.07) is 7.15. The number of nitrogens with two attached hydrogens (primary N) is 1. The first-order valence-electron chi connectivity index (χ1n) is 4.51. The Hall–Kier alpha value is -2.10. The molecule has 4 heteroatoms. The lowest BCUT2D eigenvalue weighted by Gasteiger charge is -2.01. The van der Waals surface area contributed by atoms with Gasteiger partial charge in [0.2, 0.25) is 0 Å². The maximum atomic E-state index is 10.5. The predicted octanol–water partition coefficient (Wildman–Crippen LogP) is 1.44. The Balaban J connectivity index is 2.49. The summed E-state index contributed by atoms with van der Waals surface area (Å²) in [6.07, 6.45) is 1.60. The topological polar surface area (TPSA) is 76.2 Å². The van der Waals surface area contributed by atoms with Crippen LogP contribution in [0.4, 0.5) is 5.69 Å². The van der Waals surface area contributed by atoms with E-state index in [0.29, 0.717) is 5.69 Å². The van der Waals surface area contributed by atoms with E-state index in [0.717, 1.165) is 16.5 Å². The summed E-state index contributed by atoms with van der Waals surface area (Å²) in [5.74, 6) is -0.841. The van der Waals surface area contributed by atoms with Crippen LogP contribution in [0.3, 0.4) is 0 Å². The molecule has 2 aromatic rings. The molecule has 0 aliphatic carbocycles. The molecule has 3 N–H and O–H groups in total. The zero-order chi connectivity index (χ0) is 10.8. The molecule has 0 atom stereocenters. The minimum atomic E-state index is -0.841. The van der Waals surface area contributed by atoms with Crippen molar-refractivity contribution in [2.75, 3.05) is 5.73 Å². The lowest BCUT2D eigenvalue weighted by atomic mass is 10.1. The van der Waals surface area contributed by atoms with Crippen molar-refractivity contribution in [1.82, 2.24) is 4.98 Å². The van der Waals surface area contributed by atoms with Crippen molar-refractivity contribution in [3.63, 3.8) is 0 Å². The Morgan fingerprint density at radius 3 is 2.93 bits per heavy atom.